The minimum Gasteiger partial charge on any atom is -0.306 e. The maximum atomic E-state index is 10.6. The predicted octanol–water partition coefficient (Wildman–Crippen LogP) is -0.664. The van der Waals surface area contributed by atoms with Crippen molar-refractivity contribution in [3.8, 4) is 6.19 Å². The lowest BCUT2D eigenvalue weighted by molar-refractivity contribution is -0.119. The van der Waals surface area contributed by atoms with Crippen molar-refractivity contribution in [1.29, 1.82) is 5.26 Å². The minimum absolute atomic E-state index is 0.255. The number of nitrogens with zero attached hydrogens (tertiary/aromatic N) is 1. The molecule has 0 heterocycles. The van der Waals surface area contributed by atoms with E-state index in [1.165, 1.54) is 0 Å². The standard InChI is InChI=1S/C6H9N3O/c7-4-9-6(10)3-8-5-1-2-5/h5,8H,1-3H2,(H,9,10). The maximum Gasteiger partial charge on any atom is 0.246 e. The van der Waals surface area contributed by atoms with Gasteiger partial charge in [0.1, 0.15) is 0 Å². The lowest BCUT2D eigenvalue weighted by Crippen LogP contribution is -2.32. The molecule has 0 aromatic carbocycles. The largest absolute Gasteiger partial charge is 0.306 e. The Morgan fingerprint density at radius 2 is 2.40 bits per heavy atom. The van der Waals surface area contributed by atoms with Crippen LogP contribution >= 0.6 is 0 Å². The van der Waals surface area contributed by atoms with E-state index in [1.807, 2.05) is 5.32 Å². The van der Waals surface area contributed by atoms with Gasteiger partial charge in [0.2, 0.25) is 5.91 Å². The van der Waals surface area contributed by atoms with E-state index in [-0.39, 0.29) is 12.5 Å². The smallest absolute Gasteiger partial charge is 0.246 e. The first-order valence-electron chi connectivity index (χ1n) is 3.24. The summed E-state index contributed by atoms with van der Waals surface area (Å²) in [5.74, 6) is -0.255. The second kappa shape index (κ2) is 3.18. The fraction of sp³-hybridized carbons (Fsp3) is 0.667. The number of carbonyl (C=O) groups is 1. The van der Waals surface area contributed by atoms with Crippen LogP contribution in [0.1, 0.15) is 12.8 Å². The first kappa shape index (κ1) is 7.03. The van der Waals surface area contributed by atoms with Crippen LogP contribution in [0.5, 0.6) is 0 Å². The van der Waals surface area contributed by atoms with E-state index < -0.39 is 0 Å². The van der Waals surface area contributed by atoms with Crippen molar-refractivity contribution in [1.82, 2.24) is 10.6 Å². The SMILES string of the molecule is N#CNC(=O)CNC1CC1. The van der Waals surface area contributed by atoms with E-state index in [0.29, 0.717) is 6.04 Å². The van der Waals surface area contributed by atoms with Crippen molar-refractivity contribution < 1.29 is 4.79 Å². The van der Waals surface area contributed by atoms with Crippen LogP contribution in [-0.2, 0) is 4.79 Å². The molecule has 2 N–H and O–H groups in total. The van der Waals surface area contributed by atoms with Crippen LogP contribution in [0.25, 0.3) is 0 Å². The average molecular weight is 139 g/mol. The molecule has 1 amide bonds. The zero-order valence-electron chi connectivity index (χ0n) is 5.55. The van der Waals surface area contributed by atoms with E-state index >= 15 is 0 Å². The van der Waals surface area contributed by atoms with Crippen LogP contribution in [0.4, 0.5) is 0 Å². The van der Waals surface area contributed by atoms with E-state index in [2.05, 4.69) is 5.32 Å². The van der Waals surface area contributed by atoms with Crippen LogP contribution in [0.15, 0.2) is 0 Å². The molecule has 0 saturated heterocycles. The highest BCUT2D eigenvalue weighted by atomic mass is 16.1. The van der Waals surface area contributed by atoms with Crippen molar-refractivity contribution in [2.24, 2.45) is 0 Å². The molecule has 54 valence electrons. The van der Waals surface area contributed by atoms with Gasteiger partial charge in [-0.15, -0.1) is 0 Å². The third kappa shape index (κ3) is 2.46. The van der Waals surface area contributed by atoms with E-state index in [4.69, 9.17) is 5.26 Å². The molecule has 1 saturated carbocycles. The molecule has 0 aromatic rings. The number of nitrogens with one attached hydrogen (secondary N) is 2. The third-order valence-electron chi connectivity index (χ3n) is 1.32. The van der Waals surface area contributed by atoms with E-state index in [9.17, 15) is 4.79 Å². The van der Waals surface area contributed by atoms with Gasteiger partial charge in [0.05, 0.1) is 6.54 Å². The lowest BCUT2D eigenvalue weighted by atomic mass is 10.5. The second-order valence-electron chi connectivity index (χ2n) is 2.32. The summed E-state index contributed by atoms with van der Waals surface area (Å²) in [6, 6.07) is 0.518. The fourth-order valence-corrected chi connectivity index (χ4v) is 0.631. The molecule has 4 heteroatoms. The van der Waals surface area contributed by atoms with Crippen molar-refractivity contribution in [3.63, 3.8) is 0 Å². The molecule has 0 unspecified atom stereocenters. The Labute approximate surface area is 59.2 Å². The molecule has 0 atom stereocenters. The monoisotopic (exact) mass is 139 g/mol. The van der Waals surface area contributed by atoms with Gasteiger partial charge in [-0.05, 0) is 12.8 Å². The van der Waals surface area contributed by atoms with Gasteiger partial charge in [-0.25, -0.2) is 0 Å². The van der Waals surface area contributed by atoms with Crippen LogP contribution in [0, 0.1) is 11.5 Å². The van der Waals surface area contributed by atoms with E-state index in [0.717, 1.165) is 12.8 Å². The number of hydrogen-bond acceptors (Lipinski definition) is 3. The Hall–Kier alpha value is -1.08. The molecular formula is C6H9N3O. The number of hydrogen-bond donors (Lipinski definition) is 2. The summed E-state index contributed by atoms with van der Waals surface area (Å²) >= 11 is 0. The number of carbonyl (C=O) groups excluding carboxylic acids is 1. The van der Waals surface area contributed by atoms with Gasteiger partial charge in [0, 0.05) is 6.04 Å². The zero-order chi connectivity index (χ0) is 7.40. The molecular weight excluding hydrogens is 130 g/mol. The Morgan fingerprint density at radius 3 is 2.90 bits per heavy atom. The first-order chi connectivity index (χ1) is 4.83. The third-order valence-corrected chi connectivity index (χ3v) is 1.32. The van der Waals surface area contributed by atoms with Crippen LogP contribution in [0.2, 0.25) is 0 Å². The van der Waals surface area contributed by atoms with Crippen molar-refractivity contribution in [2.75, 3.05) is 6.54 Å². The molecule has 0 aromatic heterocycles. The molecule has 0 aliphatic heterocycles. The molecule has 10 heavy (non-hydrogen) atoms. The van der Waals surface area contributed by atoms with Gasteiger partial charge in [-0.2, -0.15) is 5.26 Å². The van der Waals surface area contributed by atoms with Crippen LogP contribution < -0.4 is 10.6 Å². The summed E-state index contributed by atoms with van der Waals surface area (Å²) in [4.78, 5) is 10.6. The highest BCUT2D eigenvalue weighted by molar-refractivity contribution is 5.79. The molecule has 4 nitrogen and oxygen atoms in total. The summed E-state index contributed by atoms with van der Waals surface area (Å²) < 4.78 is 0. The first-order valence-corrected chi connectivity index (χ1v) is 3.24. The van der Waals surface area contributed by atoms with Crippen LogP contribution in [0.3, 0.4) is 0 Å². The number of amides is 1. The summed E-state index contributed by atoms with van der Waals surface area (Å²) in [6.07, 6.45) is 3.88. The second-order valence-corrected chi connectivity index (χ2v) is 2.32. The minimum atomic E-state index is -0.255. The molecule has 1 aliphatic rings. The molecule has 0 spiro atoms. The summed E-state index contributed by atoms with van der Waals surface area (Å²) in [5.41, 5.74) is 0. The highest BCUT2D eigenvalue weighted by Crippen LogP contribution is 2.17. The maximum absolute atomic E-state index is 10.6. The lowest BCUT2D eigenvalue weighted by Gasteiger charge is -1.97. The molecule has 0 bridgehead atoms. The number of rotatable bonds is 3. The average Bonchev–Trinajstić information content (AvgIpc) is 2.67. The Morgan fingerprint density at radius 1 is 1.70 bits per heavy atom. The fourth-order valence-electron chi connectivity index (χ4n) is 0.631. The summed E-state index contributed by atoms with van der Waals surface area (Å²) in [6.45, 7) is 0.262. The van der Waals surface area contributed by atoms with Gasteiger partial charge in [-0.1, -0.05) is 0 Å². The van der Waals surface area contributed by atoms with Gasteiger partial charge in [-0.3, -0.25) is 10.1 Å². The zero-order valence-corrected chi connectivity index (χ0v) is 5.55. The Kier molecular flexibility index (Phi) is 2.24. The van der Waals surface area contributed by atoms with Gasteiger partial charge < -0.3 is 5.32 Å². The van der Waals surface area contributed by atoms with E-state index in [1.54, 1.807) is 6.19 Å². The molecule has 0 radical (unpaired) electrons. The van der Waals surface area contributed by atoms with Crippen molar-refractivity contribution in [3.05, 3.63) is 0 Å². The van der Waals surface area contributed by atoms with Gasteiger partial charge in [0.25, 0.3) is 0 Å². The molecule has 1 rings (SSSR count). The molecule has 1 aliphatic carbocycles. The quantitative estimate of drug-likeness (QED) is 0.403. The Bertz CT molecular complexity index is 168. The predicted molar refractivity (Wildman–Crippen MR) is 34.8 cm³/mol. The summed E-state index contributed by atoms with van der Waals surface area (Å²) in [7, 11) is 0. The number of nitriles is 1. The molecule has 1 fully saturated rings. The highest BCUT2D eigenvalue weighted by Gasteiger charge is 2.20. The van der Waals surface area contributed by atoms with Gasteiger partial charge in [0.15, 0.2) is 6.19 Å². The topological polar surface area (TPSA) is 64.9 Å². The van der Waals surface area contributed by atoms with Gasteiger partial charge >= 0.3 is 0 Å². The van der Waals surface area contributed by atoms with Crippen LogP contribution in [-0.4, -0.2) is 18.5 Å². The Balaban J connectivity index is 2.01. The normalized spacial score (nSPS) is 15.9. The van der Waals surface area contributed by atoms with Crippen molar-refractivity contribution >= 4 is 5.91 Å². The summed E-state index contributed by atoms with van der Waals surface area (Å²) in [5, 5.41) is 13.0. The van der Waals surface area contributed by atoms with Crippen molar-refractivity contribution in [2.45, 2.75) is 18.9 Å².